The van der Waals surface area contributed by atoms with Crippen LogP contribution in [0.25, 0.3) is 11.5 Å². The van der Waals surface area contributed by atoms with Gasteiger partial charge in [-0.1, -0.05) is 18.2 Å². The predicted molar refractivity (Wildman–Crippen MR) is 83.1 cm³/mol. The fourth-order valence-corrected chi connectivity index (χ4v) is 2.03. The molecule has 1 heterocycles. The highest BCUT2D eigenvalue weighted by Crippen LogP contribution is 2.17. The van der Waals surface area contributed by atoms with Crippen molar-refractivity contribution in [2.75, 3.05) is 11.9 Å². The molecule has 0 bridgehead atoms. The van der Waals surface area contributed by atoms with Crippen LogP contribution in [0.3, 0.4) is 0 Å². The topological polar surface area (TPSA) is 74.7 Å². The third-order valence-corrected chi connectivity index (χ3v) is 3.17. The van der Waals surface area contributed by atoms with Crippen LogP contribution in [0.5, 0.6) is 0 Å². The molecule has 22 heavy (non-hydrogen) atoms. The molecule has 0 radical (unpaired) electrons. The molecule has 5 heteroatoms. The molecule has 0 saturated heterocycles. The fourth-order valence-electron chi connectivity index (χ4n) is 2.03. The molecule has 0 saturated carbocycles. The van der Waals surface area contributed by atoms with Crippen molar-refractivity contribution in [1.82, 2.24) is 10.2 Å². The smallest absolute Gasteiger partial charge is 0.247 e. The summed E-state index contributed by atoms with van der Waals surface area (Å²) in [4.78, 5) is 0. The van der Waals surface area contributed by atoms with Crippen LogP contribution in [0.15, 0.2) is 59.0 Å². The van der Waals surface area contributed by atoms with Gasteiger partial charge in [0, 0.05) is 24.2 Å². The molecule has 0 aliphatic rings. The van der Waals surface area contributed by atoms with Gasteiger partial charge in [0.05, 0.1) is 11.6 Å². The maximum atomic E-state index is 8.75. The number of nitriles is 1. The quantitative estimate of drug-likeness (QED) is 0.780. The van der Waals surface area contributed by atoms with Crippen molar-refractivity contribution >= 4 is 5.69 Å². The van der Waals surface area contributed by atoms with Gasteiger partial charge in [-0.25, -0.2) is 0 Å². The SMILES string of the molecule is N#Cc1ccc(NCCc2nnc(-c3ccccc3)o2)cc1. The van der Waals surface area contributed by atoms with Gasteiger partial charge in [-0.2, -0.15) is 5.26 Å². The van der Waals surface area contributed by atoms with Crippen LogP contribution in [0.2, 0.25) is 0 Å². The van der Waals surface area contributed by atoms with E-state index in [1.807, 2.05) is 42.5 Å². The molecular formula is C17H14N4O. The van der Waals surface area contributed by atoms with Crippen molar-refractivity contribution in [3.8, 4) is 17.5 Å². The molecule has 0 aliphatic heterocycles. The van der Waals surface area contributed by atoms with Crippen LogP contribution in [0, 0.1) is 11.3 Å². The Morgan fingerprint density at radius 3 is 2.50 bits per heavy atom. The summed E-state index contributed by atoms with van der Waals surface area (Å²) in [5, 5.41) is 20.1. The van der Waals surface area contributed by atoms with Gasteiger partial charge in [0.25, 0.3) is 0 Å². The standard InChI is InChI=1S/C17H14N4O/c18-12-13-6-8-15(9-7-13)19-11-10-16-20-21-17(22-16)14-4-2-1-3-5-14/h1-9,19H,10-11H2. The Labute approximate surface area is 128 Å². The van der Waals surface area contributed by atoms with Gasteiger partial charge in [-0.3, -0.25) is 0 Å². The first-order chi connectivity index (χ1) is 10.8. The second-order valence-corrected chi connectivity index (χ2v) is 4.73. The lowest BCUT2D eigenvalue weighted by atomic mass is 10.2. The monoisotopic (exact) mass is 290 g/mol. The first-order valence-corrected chi connectivity index (χ1v) is 6.97. The van der Waals surface area contributed by atoms with Gasteiger partial charge in [-0.05, 0) is 36.4 Å². The summed E-state index contributed by atoms with van der Waals surface area (Å²) in [7, 11) is 0. The Bertz CT molecular complexity index is 772. The zero-order chi connectivity index (χ0) is 15.2. The number of nitrogens with zero attached hydrogens (tertiary/aromatic N) is 3. The van der Waals surface area contributed by atoms with Crippen LogP contribution in [-0.2, 0) is 6.42 Å². The molecule has 0 unspecified atom stereocenters. The van der Waals surface area contributed by atoms with E-state index in [2.05, 4.69) is 21.6 Å². The molecule has 1 aromatic heterocycles. The predicted octanol–water partition coefficient (Wildman–Crippen LogP) is 3.26. The Morgan fingerprint density at radius 1 is 1.00 bits per heavy atom. The number of benzene rings is 2. The second-order valence-electron chi connectivity index (χ2n) is 4.73. The number of hydrogen-bond donors (Lipinski definition) is 1. The third-order valence-electron chi connectivity index (χ3n) is 3.17. The highest BCUT2D eigenvalue weighted by atomic mass is 16.4. The summed E-state index contributed by atoms with van der Waals surface area (Å²) >= 11 is 0. The van der Waals surface area contributed by atoms with Crippen LogP contribution in [0.4, 0.5) is 5.69 Å². The second kappa shape index (κ2) is 6.55. The van der Waals surface area contributed by atoms with Crippen molar-refractivity contribution < 1.29 is 4.42 Å². The number of anilines is 1. The third kappa shape index (κ3) is 3.30. The summed E-state index contributed by atoms with van der Waals surface area (Å²) in [5.74, 6) is 1.13. The van der Waals surface area contributed by atoms with E-state index in [1.165, 1.54) is 0 Å². The van der Waals surface area contributed by atoms with E-state index in [1.54, 1.807) is 12.1 Å². The van der Waals surface area contributed by atoms with Gasteiger partial charge in [-0.15, -0.1) is 10.2 Å². The first-order valence-electron chi connectivity index (χ1n) is 6.97. The lowest BCUT2D eigenvalue weighted by Crippen LogP contribution is -2.04. The average Bonchev–Trinajstić information content (AvgIpc) is 3.05. The zero-order valence-corrected chi connectivity index (χ0v) is 11.9. The average molecular weight is 290 g/mol. The molecule has 0 atom stereocenters. The maximum absolute atomic E-state index is 8.75. The van der Waals surface area contributed by atoms with Gasteiger partial charge in [0.2, 0.25) is 11.8 Å². The van der Waals surface area contributed by atoms with E-state index in [0.29, 0.717) is 30.3 Å². The summed E-state index contributed by atoms with van der Waals surface area (Å²) in [6, 6.07) is 19.1. The molecule has 0 aliphatic carbocycles. The van der Waals surface area contributed by atoms with Crippen LogP contribution in [-0.4, -0.2) is 16.7 Å². The van der Waals surface area contributed by atoms with Crippen LogP contribution < -0.4 is 5.32 Å². The summed E-state index contributed by atoms with van der Waals surface area (Å²) < 4.78 is 5.64. The van der Waals surface area contributed by atoms with Crippen LogP contribution >= 0.6 is 0 Å². The minimum Gasteiger partial charge on any atom is -0.421 e. The van der Waals surface area contributed by atoms with E-state index >= 15 is 0 Å². The van der Waals surface area contributed by atoms with Crippen molar-refractivity contribution in [1.29, 1.82) is 5.26 Å². The fraction of sp³-hybridized carbons (Fsp3) is 0.118. The first kappa shape index (κ1) is 13.8. The van der Waals surface area contributed by atoms with E-state index in [0.717, 1.165) is 11.3 Å². The Hall–Kier alpha value is -3.13. The number of nitrogens with one attached hydrogen (secondary N) is 1. The molecule has 0 spiro atoms. The number of aromatic nitrogens is 2. The summed E-state index contributed by atoms with van der Waals surface area (Å²) in [6.45, 7) is 0.683. The summed E-state index contributed by atoms with van der Waals surface area (Å²) in [6.07, 6.45) is 0.639. The van der Waals surface area contributed by atoms with Gasteiger partial charge in [0.1, 0.15) is 0 Å². The molecule has 108 valence electrons. The highest BCUT2D eigenvalue weighted by molar-refractivity contribution is 5.51. The molecule has 5 nitrogen and oxygen atoms in total. The Kier molecular flexibility index (Phi) is 4.12. The molecule has 2 aromatic carbocycles. The van der Waals surface area contributed by atoms with Crippen molar-refractivity contribution in [2.24, 2.45) is 0 Å². The van der Waals surface area contributed by atoms with Crippen molar-refractivity contribution in [2.45, 2.75) is 6.42 Å². The Balaban J connectivity index is 1.56. The van der Waals surface area contributed by atoms with E-state index in [-0.39, 0.29) is 0 Å². The molecule has 1 N–H and O–H groups in total. The highest BCUT2D eigenvalue weighted by Gasteiger charge is 2.07. The van der Waals surface area contributed by atoms with Gasteiger partial charge >= 0.3 is 0 Å². The Morgan fingerprint density at radius 2 is 1.77 bits per heavy atom. The van der Waals surface area contributed by atoms with E-state index in [9.17, 15) is 0 Å². The minimum atomic E-state index is 0.536. The largest absolute Gasteiger partial charge is 0.421 e. The molecule has 0 amide bonds. The van der Waals surface area contributed by atoms with Crippen LogP contribution in [0.1, 0.15) is 11.5 Å². The summed E-state index contributed by atoms with van der Waals surface area (Å²) in [5.41, 5.74) is 2.53. The number of hydrogen-bond acceptors (Lipinski definition) is 5. The van der Waals surface area contributed by atoms with E-state index < -0.39 is 0 Å². The van der Waals surface area contributed by atoms with Gasteiger partial charge < -0.3 is 9.73 Å². The van der Waals surface area contributed by atoms with Gasteiger partial charge in [0.15, 0.2) is 0 Å². The zero-order valence-electron chi connectivity index (χ0n) is 11.9. The lowest BCUT2D eigenvalue weighted by Gasteiger charge is -2.03. The normalized spacial score (nSPS) is 10.1. The van der Waals surface area contributed by atoms with E-state index in [4.69, 9.17) is 9.68 Å². The van der Waals surface area contributed by atoms with Crippen molar-refractivity contribution in [3.63, 3.8) is 0 Å². The molecule has 3 aromatic rings. The lowest BCUT2D eigenvalue weighted by molar-refractivity contribution is 0.509. The molecular weight excluding hydrogens is 276 g/mol. The minimum absolute atomic E-state index is 0.536. The molecule has 3 rings (SSSR count). The maximum Gasteiger partial charge on any atom is 0.247 e. The van der Waals surface area contributed by atoms with Crippen molar-refractivity contribution in [3.05, 3.63) is 66.1 Å². The molecule has 0 fully saturated rings. The number of rotatable bonds is 5.